The van der Waals surface area contributed by atoms with Crippen molar-refractivity contribution in [1.29, 1.82) is 0 Å². The average Bonchev–Trinajstić information content (AvgIpc) is 3.47. The maximum absolute atomic E-state index is 13.0. The van der Waals surface area contributed by atoms with E-state index in [1.54, 1.807) is 0 Å². The Morgan fingerprint density at radius 1 is 0.256 bits per heavy atom. The number of carbonyl (C=O) groups is 3. The van der Waals surface area contributed by atoms with E-state index in [0.29, 0.717) is 19.3 Å². The average molecular weight is 1140 g/mol. The molecule has 82 heavy (non-hydrogen) atoms. The molecule has 468 valence electrons. The Balaban J connectivity index is 4.36. The van der Waals surface area contributed by atoms with Crippen LogP contribution in [0.15, 0.2) is 122 Å². The number of unbranched alkanes of at least 4 members (excludes halogenated alkanes) is 31. The normalized spacial score (nSPS) is 12.9. The van der Waals surface area contributed by atoms with Crippen LogP contribution in [0, 0.1) is 0 Å². The van der Waals surface area contributed by atoms with Gasteiger partial charge in [0.15, 0.2) is 6.10 Å². The van der Waals surface area contributed by atoms with Crippen LogP contribution in [0.3, 0.4) is 0 Å². The van der Waals surface area contributed by atoms with Crippen molar-refractivity contribution in [2.75, 3.05) is 13.2 Å². The molecule has 0 amide bonds. The maximum atomic E-state index is 13.0. The molecule has 1 unspecified atom stereocenters. The van der Waals surface area contributed by atoms with E-state index in [9.17, 15) is 14.4 Å². The van der Waals surface area contributed by atoms with Crippen molar-refractivity contribution in [2.24, 2.45) is 0 Å². The second kappa shape index (κ2) is 69.3. The van der Waals surface area contributed by atoms with Crippen LogP contribution < -0.4 is 0 Å². The summed E-state index contributed by atoms with van der Waals surface area (Å²) in [4.78, 5) is 38.4. The number of rotatable bonds is 62. The molecule has 1 atom stereocenters. The monoisotopic (exact) mass is 1140 g/mol. The first-order chi connectivity index (χ1) is 40.5. The number of carbonyl (C=O) groups excluding carboxylic acids is 3. The Morgan fingerprint density at radius 3 is 0.744 bits per heavy atom. The highest BCUT2D eigenvalue weighted by Crippen LogP contribution is 2.17. The molecule has 0 fully saturated rings. The zero-order chi connectivity index (χ0) is 59.2. The zero-order valence-electron chi connectivity index (χ0n) is 53.7. The van der Waals surface area contributed by atoms with Gasteiger partial charge in [-0.2, -0.15) is 0 Å². The fraction of sp³-hybridized carbons (Fsp3) is 0.697. The first kappa shape index (κ1) is 77.8. The van der Waals surface area contributed by atoms with Crippen LogP contribution in [0.5, 0.6) is 0 Å². The molecule has 6 nitrogen and oxygen atoms in total. The minimum atomic E-state index is -0.793. The molecule has 0 aromatic heterocycles. The van der Waals surface area contributed by atoms with E-state index >= 15 is 0 Å². The SMILES string of the molecule is CC/C=C\C/C=C\C/C=C\C/C=C\C/C=C\C/C=C\C/C=C\CCCCCCCCCC(=O)OCC(COC(=O)CCCCCCC/C=C\C/C=C\C/C=C\CC)OC(=O)CCCCCCCCCCCCCCCCCCCCCC. The van der Waals surface area contributed by atoms with Gasteiger partial charge in [0.05, 0.1) is 0 Å². The molecule has 0 bridgehead atoms. The van der Waals surface area contributed by atoms with E-state index in [0.717, 1.165) is 148 Å². The van der Waals surface area contributed by atoms with Gasteiger partial charge in [0.25, 0.3) is 0 Å². The molecule has 0 aliphatic heterocycles. The number of allylic oxidation sites excluding steroid dienone is 20. The molecule has 0 saturated carbocycles. The fourth-order valence-electron chi connectivity index (χ4n) is 9.62. The molecular weight excluding hydrogens is 1010 g/mol. The van der Waals surface area contributed by atoms with Gasteiger partial charge < -0.3 is 14.2 Å². The Morgan fingerprint density at radius 2 is 0.476 bits per heavy atom. The van der Waals surface area contributed by atoms with Crippen molar-refractivity contribution < 1.29 is 28.6 Å². The molecular formula is C76H128O6. The summed E-state index contributed by atoms with van der Waals surface area (Å²) in [5.41, 5.74) is 0. The number of ether oxygens (including phenoxy) is 3. The largest absolute Gasteiger partial charge is 0.462 e. The lowest BCUT2D eigenvalue weighted by atomic mass is 10.0. The highest BCUT2D eigenvalue weighted by atomic mass is 16.6. The Labute approximate surface area is 507 Å². The number of hydrogen-bond acceptors (Lipinski definition) is 6. The molecule has 0 N–H and O–H groups in total. The Bertz CT molecular complexity index is 1690. The highest BCUT2D eigenvalue weighted by molar-refractivity contribution is 5.71. The standard InChI is InChI=1S/C76H128O6/c1-4-7-10-13-16-19-22-25-28-30-32-34-35-36-37-38-39-40-41-42-44-45-48-51-54-57-60-63-66-69-75(78)81-72-73(71-80-74(77)68-65-62-59-56-53-50-47-27-24-21-18-15-12-9-6-3)82-76(79)70-67-64-61-58-55-52-49-46-43-33-31-29-26-23-20-17-14-11-8-5-2/h7,9-10,12,16,18-19,21,25,27-28,32,34,36-37,39-40,42,44,47,73H,4-6,8,11,13-15,17,20,22-24,26,29-31,33,35,38,41,43,45-46,48-72H2,1-3H3/b10-7-,12-9-,19-16-,21-18-,28-25-,34-32-,37-36-,40-39-,44-42-,47-27-. The predicted octanol–water partition coefficient (Wildman–Crippen LogP) is 23.9. The van der Waals surface area contributed by atoms with Crippen LogP contribution in [-0.4, -0.2) is 37.2 Å². The summed E-state index contributed by atoms with van der Waals surface area (Å²) in [5.74, 6) is -0.904. The van der Waals surface area contributed by atoms with Gasteiger partial charge in [-0.3, -0.25) is 14.4 Å². The molecule has 0 saturated heterocycles. The lowest BCUT2D eigenvalue weighted by molar-refractivity contribution is -0.167. The first-order valence-corrected chi connectivity index (χ1v) is 34.5. The second-order valence-electron chi connectivity index (χ2n) is 22.7. The summed E-state index contributed by atoms with van der Waals surface area (Å²) in [7, 11) is 0. The van der Waals surface area contributed by atoms with Crippen molar-refractivity contribution in [3.63, 3.8) is 0 Å². The van der Waals surface area contributed by atoms with Crippen molar-refractivity contribution in [3.8, 4) is 0 Å². The van der Waals surface area contributed by atoms with Gasteiger partial charge in [-0.05, 0) is 109 Å². The highest BCUT2D eigenvalue weighted by Gasteiger charge is 2.19. The van der Waals surface area contributed by atoms with Crippen LogP contribution >= 0.6 is 0 Å². The van der Waals surface area contributed by atoms with Gasteiger partial charge in [0, 0.05) is 19.3 Å². The van der Waals surface area contributed by atoms with E-state index in [4.69, 9.17) is 14.2 Å². The summed E-state index contributed by atoms with van der Waals surface area (Å²) in [6.07, 6.45) is 96.4. The summed E-state index contributed by atoms with van der Waals surface area (Å²) in [5, 5.41) is 0. The molecule has 0 spiro atoms. The second-order valence-corrected chi connectivity index (χ2v) is 22.7. The minimum Gasteiger partial charge on any atom is -0.462 e. The summed E-state index contributed by atoms with van der Waals surface area (Å²) in [6, 6.07) is 0. The molecule has 0 aliphatic carbocycles. The van der Waals surface area contributed by atoms with Crippen molar-refractivity contribution in [1.82, 2.24) is 0 Å². The third kappa shape index (κ3) is 66.6. The molecule has 6 heteroatoms. The minimum absolute atomic E-state index is 0.0893. The van der Waals surface area contributed by atoms with Crippen LogP contribution in [0.2, 0.25) is 0 Å². The van der Waals surface area contributed by atoms with Crippen LogP contribution in [0.4, 0.5) is 0 Å². The molecule has 0 aromatic carbocycles. The van der Waals surface area contributed by atoms with Crippen LogP contribution in [-0.2, 0) is 28.6 Å². The van der Waals surface area contributed by atoms with Gasteiger partial charge in [-0.1, -0.05) is 316 Å². The molecule has 0 rings (SSSR count). The summed E-state index contributed by atoms with van der Waals surface area (Å²) in [6.45, 7) is 6.43. The van der Waals surface area contributed by atoms with Gasteiger partial charge in [0.2, 0.25) is 0 Å². The van der Waals surface area contributed by atoms with E-state index in [-0.39, 0.29) is 31.1 Å². The van der Waals surface area contributed by atoms with Gasteiger partial charge in [-0.15, -0.1) is 0 Å². The molecule has 0 heterocycles. The third-order valence-electron chi connectivity index (χ3n) is 14.7. The van der Waals surface area contributed by atoms with E-state index in [2.05, 4.69) is 142 Å². The van der Waals surface area contributed by atoms with Crippen LogP contribution in [0.1, 0.15) is 323 Å². The summed E-state index contributed by atoms with van der Waals surface area (Å²) >= 11 is 0. The first-order valence-electron chi connectivity index (χ1n) is 34.5. The number of esters is 3. The molecule has 0 aliphatic rings. The summed E-state index contributed by atoms with van der Waals surface area (Å²) < 4.78 is 17.0. The lowest BCUT2D eigenvalue weighted by Gasteiger charge is -2.18. The van der Waals surface area contributed by atoms with Gasteiger partial charge in [-0.25, -0.2) is 0 Å². The predicted molar refractivity (Wildman–Crippen MR) is 357 cm³/mol. The van der Waals surface area contributed by atoms with Gasteiger partial charge >= 0.3 is 17.9 Å². The smallest absolute Gasteiger partial charge is 0.306 e. The lowest BCUT2D eigenvalue weighted by Crippen LogP contribution is -2.30. The quantitative estimate of drug-likeness (QED) is 0.0261. The van der Waals surface area contributed by atoms with Crippen molar-refractivity contribution in [3.05, 3.63) is 122 Å². The third-order valence-corrected chi connectivity index (χ3v) is 14.7. The topological polar surface area (TPSA) is 78.9 Å². The Hall–Kier alpha value is -4.19. The zero-order valence-corrected chi connectivity index (χ0v) is 53.7. The fourth-order valence-corrected chi connectivity index (χ4v) is 9.62. The number of hydrogen-bond donors (Lipinski definition) is 0. The van der Waals surface area contributed by atoms with E-state index in [1.807, 2.05) is 0 Å². The molecule has 0 radical (unpaired) electrons. The molecule has 0 aromatic rings. The van der Waals surface area contributed by atoms with Crippen molar-refractivity contribution >= 4 is 17.9 Å². The van der Waals surface area contributed by atoms with E-state index in [1.165, 1.54) is 135 Å². The van der Waals surface area contributed by atoms with Crippen molar-refractivity contribution in [2.45, 2.75) is 329 Å². The van der Waals surface area contributed by atoms with Gasteiger partial charge in [0.1, 0.15) is 13.2 Å². The van der Waals surface area contributed by atoms with Crippen LogP contribution in [0.25, 0.3) is 0 Å². The van der Waals surface area contributed by atoms with E-state index < -0.39 is 6.10 Å². The Kier molecular flexibility index (Phi) is 65.8. The maximum Gasteiger partial charge on any atom is 0.306 e.